The van der Waals surface area contributed by atoms with Crippen molar-refractivity contribution in [3.05, 3.63) is 48.0 Å². The molecule has 0 amide bonds. The lowest BCUT2D eigenvalue weighted by molar-refractivity contribution is 0.357. The van der Waals surface area contributed by atoms with Crippen molar-refractivity contribution < 1.29 is 4.74 Å². The quantitative estimate of drug-likeness (QED) is 0.667. The van der Waals surface area contributed by atoms with Gasteiger partial charge in [-0.3, -0.25) is 9.38 Å². The van der Waals surface area contributed by atoms with Crippen LogP contribution in [0.5, 0.6) is 5.75 Å². The Bertz CT molecular complexity index is 776. The first kappa shape index (κ1) is 10.6. The fourth-order valence-electron chi connectivity index (χ4n) is 2.61. The summed E-state index contributed by atoms with van der Waals surface area (Å²) in [4.78, 5) is 8.73. The van der Waals surface area contributed by atoms with E-state index in [-0.39, 0.29) is 0 Å². The van der Waals surface area contributed by atoms with Gasteiger partial charge in [0.15, 0.2) is 5.65 Å². The molecule has 0 bridgehead atoms. The van der Waals surface area contributed by atoms with E-state index in [9.17, 15) is 0 Å². The predicted molar refractivity (Wildman–Crippen MR) is 72.4 cm³/mol. The molecule has 0 fully saturated rings. The van der Waals surface area contributed by atoms with E-state index in [0.29, 0.717) is 0 Å². The molecule has 1 aliphatic heterocycles. The van der Waals surface area contributed by atoms with Gasteiger partial charge in [-0.05, 0) is 30.7 Å². The molecule has 1 aliphatic rings. The van der Waals surface area contributed by atoms with E-state index < -0.39 is 0 Å². The van der Waals surface area contributed by atoms with Gasteiger partial charge < -0.3 is 4.74 Å². The van der Waals surface area contributed by atoms with E-state index in [0.717, 1.165) is 35.8 Å². The van der Waals surface area contributed by atoms with Gasteiger partial charge in [0, 0.05) is 24.4 Å². The molecule has 0 saturated heterocycles. The monoisotopic (exact) mass is 251 g/mol. The molecule has 0 atom stereocenters. The summed E-state index contributed by atoms with van der Waals surface area (Å²) in [5.41, 5.74) is 5.39. The van der Waals surface area contributed by atoms with Crippen LogP contribution in [0.25, 0.3) is 16.9 Å². The number of aromatic nitrogens is 3. The minimum atomic E-state index is 0.787. The molecule has 3 aromatic rings. The van der Waals surface area contributed by atoms with Crippen molar-refractivity contribution >= 4 is 5.65 Å². The van der Waals surface area contributed by atoms with Crippen LogP contribution in [0.1, 0.15) is 11.3 Å². The summed E-state index contributed by atoms with van der Waals surface area (Å²) in [5.74, 6) is 1.01. The third-order valence-corrected chi connectivity index (χ3v) is 3.59. The summed E-state index contributed by atoms with van der Waals surface area (Å²) in [7, 11) is 0. The highest BCUT2D eigenvalue weighted by Gasteiger charge is 2.14. The highest BCUT2D eigenvalue weighted by atomic mass is 16.5. The number of ether oxygens (including phenoxy) is 1. The number of rotatable bonds is 1. The molecular formula is C15H13N3O. The number of benzene rings is 1. The first-order valence-corrected chi connectivity index (χ1v) is 6.38. The molecule has 0 N–H and O–H groups in total. The van der Waals surface area contributed by atoms with Gasteiger partial charge in [-0.15, -0.1) is 0 Å². The van der Waals surface area contributed by atoms with E-state index >= 15 is 0 Å². The molecule has 19 heavy (non-hydrogen) atoms. The number of imidazole rings is 1. The highest BCUT2D eigenvalue weighted by Crippen LogP contribution is 2.30. The van der Waals surface area contributed by atoms with Gasteiger partial charge in [0.2, 0.25) is 0 Å². The van der Waals surface area contributed by atoms with Crippen molar-refractivity contribution in [1.82, 2.24) is 14.4 Å². The summed E-state index contributed by atoms with van der Waals surface area (Å²) in [6.45, 7) is 2.76. The van der Waals surface area contributed by atoms with Gasteiger partial charge in [-0.25, -0.2) is 4.98 Å². The normalized spacial score (nSPS) is 13.5. The lowest BCUT2D eigenvalue weighted by Gasteiger charge is -2.05. The molecule has 2 aromatic heterocycles. The first-order chi connectivity index (χ1) is 9.33. The molecule has 4 nitrogen and oxygen atoms in total. The summed E-state index contributed by atoms with van der Waals surface area (Å²) in [5, 5.41) is 0. The predicted octanol–water partition coefficient (Wildman–Crippen LogP) is 2.64. The molecule has 0 aliphatic carbocycles. The maximum atomic E-state index is 5.54. The molecule has 0 saturated carbocycles. The van der Waals surface area contributed by atoms with Crippen molar-refractivity contribution in [1.29, 1.82) is 0 Å². The summed E-state index contributed by atoms with van der Waals surface area (Å²) < 4.78 is 7.63. The zero-order chi connectivity index (χ0) is 12.8. The number of fused-ring (bicyclic) bond motifs is 2. The average Bonchev–Trinajstić information content (AvgIpc) is 3.04. The number of nitrogens with zero attached hydrogens (tertiary/aromatic N) is 3. The Morgan fingerprint density at radius 3 is 3.16 bits per heavy atom. The van der Waals surface area contributed by atoms with Crippen LogP contribution in [-0.4, -0.2) is 21.0 Å². The Kier molecular flexibility index (Phi) is 2.12. The zero-order valence-corrected chi connectivity index (χ0v) is 10.6. The third-order valence-electron chi connectivity index (χ3n) is 3.59. The minimum absolute atomic E-state index is 0.787. The first-order valence-electron chi connectivity index (χ1n) is 6.38. The van der Waals surface area contributed by atoms with Crippen molar-refractivity contribution in [2.45, 2.75) is 13.3 Å². The molecule has 94 valence electrons. The summed E-state index contributed by atoms with van der Waals surface area (Å²) >= 11 is 0. The Morgan fingerprint density at radius 1 is 1.26 bits per heavy atom. The van der Waals surface area contributed by atoms with E-state index in [1.54, 1.807) is 0 Å². The van der Waals surface area contributed by atoms with Crippen LogP contribution in [0.15, 0.2) is 36.8 Å². The smallest absolute Gasteiger partial charge is 0.158 e. The highest BCUT2D eigenvalue weighted by molar-refractivity contribution is 5.66. The maximum absolute atomic E-state index is 5.54. The van der Waals surface area contributed by atoms with Gasteiger partial charge in [-0.2, -0.15) is 0 Å². The van der Waals surface area contributed by atoms with Crippen molar-refractivity contribution in [2.24, 2.45) is 0 Å². The molecule has 4 heteroatoms. The van der Waals surface area contributed by atoms with Gasteiger partial charge in [-0.1, -0.05) is 0 Å². The lowest BCUT2D eigenvalue weighted by atomic mass is 10.1. The number of hydrogen-bond donors (Lipinski definition) is 0. The van der Waals surface area contributed by atoms with Gasteiger partial charge >= 0.3 is 0 Å². The molecule has 1 aromatic carbocycles. The van der Waals surface area contributed by atoms with Crippen LogP contribution in [0.4, 0.5) is 0 Å². The molecule has 0 radical (unpaired) electrons. The molecule has 3 heterocycles. The molecular weight excluding hydrogens is 238 g/mol. The van der Waals surface area contributed by atoms with Crippen molar-refractivity contribution in [2.75, 3.05) is 6.61 Å². The van der Waals surface area contributed by atoms with Crippen LogP contribution in [0, 0.1) is 6.92 Å². The maximum Gasteiger partial charge on any atom is 0.158 e. The standard InChI is InChI=1S/C15H13N3O/c1-10-15-17-9-13(18(15)6-5-16-10)11-2-3-14-12(8-11)4-7-19-14/h2-3,5-6,8-9H,4,7H2,1H3. The van der Waals surface area contributed by atoms with E-state index in [4.69, 9.17) is 4.74 Å². The molecule has 0 spiro atoms. The van der Waals surface area contributed by atoms with Crippen LogP contribution in [0.2, 0.25) is 0 Å². The zero-order valence-electron chi connectivity index (χ0n) is 10.6. The fraction of sp³-hybridized carbons (Fsp3) is 0.200. The Hall–Kier alpha value is -2.36. The van der Waals surface area contributed by atoms with Crippen LogP contribution >= 0.6 is 0 Å². The SMILES string of the molecule is Cc1nccn2c(-c3ccc4c(c3)CCO4)cnc12. The van der Waals surface area contributed by atoms with E-state index in [1.807, 2.05) is 31.6 Å². The Labute approximate surface area is 110 Å². The fourth-order valence-corrected chi connectivity index (χ4v) is 2.61. The van der Waals surface area contributed by atoms with Gasteiger partial charge in [0.25, 0.3) is 0 Å². The number of hydrogen-bond acceptors (Lipinski definition) is 3. The van der Waals surface area contributed by atoms with E-state index in [2.05, 4.69) is 26.5 Å². The van der Waals surface area contributed by atoms with Gasteiger partial charge in [0.05, 0.1) is 24.2 Å². The number of aryl methyl sites for hydroxylation is 1. The summed E-state index contributed by atoms with van der Waals surface area (Å²) in [6, 6.07) is 6.33. The second kappa shape index (κ2) is 3.82. The second-order valence-corrected chi connectivity index (χ2v) is 4.77. The van der Waals surface area contributed by atoms with Gasteiger partial charge in [0.1, 0.15) is 5.75 Å². The lowest BCUT2D eigenvalue weighted by Crippen LogP contribution is -1.92. The largest absolute Gasteiger partial charge is 0.493 e. The average molecular weight is 251 g/mol. The molecule has 0 unspecified atom stereocenters. The Morgan fingerprint density at radius 2 is 2.21 bits per heavy atom. The topological polar surface area (TPSA) is 39.4 Å². The third kappa shape index (κ3) is 1.53. The molecule has 4 rings (SSSR count). The van der Waals surface area contributed by atoms with Crippen LogP contribution < -0.4 is 4.74 Å². The summed E-state index contributed by atoms with van der Waals surface area (Å²) in [6.07, 6.45) is 6.65. The second-order valence-electron chi connectivity index (χ2n) is 4.77. The van der Waals surface area contributed by atoms with E-state index in [1.165, 1.54) is 11.1 Å². The minimum Gasteiger partial charge on any atom is -0.493 e. The van der Waals surface area contributed by atoms with Crippen molar-refractivity contribution in [3.63, 3.8) is 0 Å². The van der Waals surface area contributed by atoms with Crippen LogP contribution in [-0.2, 0) is 6.42 Å². The van der Waals surface area contributed by atoms with Crippen molar-refractivity contribution in [3.8, 4) is 17.0 Å². The van der Waals surface area contributed by atoms with Crippen LogP contribution in [0.3, 0.4) is 0 Å². The Balaban J connectivity index is 1.93.